The first kappa shape index (κ1) is 13.9. The molecule has 0 amide bonds. The van der Waals surface area contributed by atoms with Crippen LogP contribution in [0.4, 0.5) is 0 Å². The molecule has 0 aromatic heterocycles. The molecule has 2 rings (SSSR count). The molecule has 2 aromatic carbocycles. The zero-order valence-electron chi connectivity index (χ0n) is 11.5. The number of amidine groups is 1. The molecule has 0 aliphatic heterocycles. The maximum atomic E-state index is 5.73. The number of rotatable bonds is 5. The summed E-state index contributed by atoms with van der Waals surface area (Å²) in [7, 11) is 0. The number of ether oxygens (including phenoxy) is 1. The first-order valence-corrected chi connectivity index (χ1v) is 6.52. The smallest absolute Gasteiger partial charge is 0.119 e. The summed E-state index contributed by atoms with van der Waals surface area (Å²) in [6.45, 7) is 3.11. The van der Waals surface area contributed by atoms with E-state index in [1.54, 1.807) is 0 Å². The number of hydrogen-bond acceptors (Lipinski definition) is 3. The minimum atomic E-state index is 0.581. The van der Waals surface area contributed by atoms with Crippen molar-refractivity contribution in [2.45, 2.75) is 20.1 Å². The van der Waals surface area contributed by atoms with Crippen LogP contribution in [0.3, 0.4) is 0 Å². The van der Waals surface area contributed by atoms with Crippen LogP contribution in [-0.4, -0.2) is 5.84 Å². The van der Waals surface area contributed by atoms with Gasteiger partial charge in [-0.1, -0.05) is 42.5 Å². The van der Waals surface area contributed by atoms with E-state index >= 15 is 0 Å². The maximum Gasteiger partial charge on any atom is 0.119 e. The molecule has 0 bridgehead atoms. The normalized spacial score (nSPS) is 11.2. The highest BCUT2D eigenvalue weighted by Gasteiger charge is 1.97. The topological polar surface area (TPSA) is 59.6 Å². The second-order valence-electron chi connectivity index (χ2n) is 4.49. The van der Waals surface area contributed by atoms with Crippen LogP contribution in [0.5, 0.6) is 5.75 Å². The summed E-state index contributed by atoms with van der Waals surface area (Å²) in [5.74, 6) is 6.74. The highest BCUT2D eigenvalue weighted by molar-refractivity contribution is 5.79. The van der Waals surface area contributed by atoms with Crippen molar-refractivity contribution in [2.75, 3.05) is 0 Å². The fourth-order valence-corrected chi connectivity index (χ4v) is 1.72. The lowest BCUT2D eigenvalue weighted by Gasteiger charge is -2.08. The first-order valence-electron chi connectivity index (χ1n) is 6.52. The van der Waals surface area contributed by atoms with Crippen molar-refractivity contribution in [3.8, 4) is 5.75 Å². The zero-order valence-corrected chi connectivity index (χ0v) is 11.5. The number of hydrogen-bond donors (Lipinski definition) is 2. The van der Waals surface area contributed by atoms with Gasteiger partial charge in [-0.05, 0) is 30.2 Å². The quantitative estimate of drug-likeness (QED) is 0.380. The van der Waals surface area contributed by atoms with Gasteiger partial charge in [0.2, 0.25) is 0 Å². The van der Waals surface area contributed by atoms with Crippen LogP contribution < -0.4 is 15.9 Å². The van der Waals surface area contributed by atoms with Crippen LogP contribution >= 0.6 is 0 Å². The Hall–Kier alpha value is -2.49. The molecule has 3 N–H and O–H groups in total. The van der Waals surface area contributed by atoms with Gasteiger partial charge in [0.15, 0.2) is 0 Å². The van der Waals surface area contributed by atoms with Crippen LogP contribution in [0.25, 0.3) is 0 Å². The van der Waals surface area contributed by atoms with Gasteiger partial charge in [0.05, 0.1) is 0 Å². The lowest BCUT2D eigenvalue weighted by atomic mass is 10.2. The second-order valence-corrected chi connectivity index (χ2v) is 4.49. The Labute approximate surface area is 119 Å². The van der Waals surface area contributed by atoms with E-state index in [0.717, 1.165) is 22.7 Å². The van der Waals surface area contributed by atoms with E-state index in [2.05, 4.69) is 10.4 Å². The highest BCUT2D eigenvalue weighted by Crippen LogP contribution is 2.14. The van der Waals surface area contributed by atoms with E-state index in [4.69, 9.17) is 10.6 Å². The molecular formula is C16H19N3O. The molecule has 104 valence electrons. The molecule has 0 unspecified atom stereocenters. The SMILES string of the molecule is CC(=NN)NCc1ccc(OCc2ccccc2)cc1. The van der Waals surface area contributed by atoms with Gasteiger partial charge < -0.3 is 15.9 Å². The van der Waals surface area contributed by atoms with Gasteiger partial charge in [0.25, 0.3) is 0 Å². The third-order valence-electron chi connectivity index (χ3n) is 2.91. The average molecular weight is 269 g/mol. The molecule has 0 saturated carbocycles. The van der Waals surface area contributed by atoms with E-state index in [1.165, 1.54) is 0 Å². The summed E-state index contributed by atoms with van der Waals surface area (Å²) in [6.07, 6.45) is 0. The van der Waals surface area contributed by atoms with E-state index in [-0.39, 0.29) is 0 Å². The van der Waals surface area contributed by atoms with Gasteiger partial charge in [0.1, 0.15) is 18.2 Å². The predicted octanol–water partition coefficient (Wildman–Crippen LogP) is 2.65. The Morgan fingerprint density at radius 1 is 1.05 bits per heavy atom. The van der Waals surface area contributed by atoms with Crippen molar-refractivity contribution in [1.29, 1.82) is 0 Å². The molecular weight excluding hydrogens is 250 g/mol. The largest absolute Gasteiger partial charge is 0.489 e. The third-order valence-corrected chi connectivity index (χ3v) is 2.91. The van der Waals surface area contributed by atoms with E-state index in [0.29, 0.717) is 13.2 Å². The highest BCUT2D eigenvalue weighted by atomic mass is 16.5. The van der Waals surface area contributed by atoms with Crippen molar-refractivity contribution in [3.05, 3.63) is 65.7 Å². The van der Waals surface area contributed by atoms with Crippen molar-refractivity contribution in [3.63, 3.8) is 0 Å². The Kier molecular flexibility index (Phi) is 5.00. The van der Waals surface area contributed by atoms with Crippen LogP contribution in [0.15, 0.2) is 59.7 Å². The molecule has 2 aromatic rings. The summed E-state index contributed by atoms with van der Waals surface area (Å²) in [6, 6.07) is 18.1. The van der Waals surface area contributed by atoms with E-state index in [9.17, 15) is 0 Å². The lowest BCUT2D eigenvalue weighted by Crippen LogP contribution is -2.20. The van der Waals surface area contributed by atoms with Crippen LogP contribution in [0.1, 0.15) is 18.1 Å². The zero-order chi connectivity index (χ0) is 14.2. The summed E-state index contributed by atoms with van der Waals surface area (Å²) in [5.41, 5.74) is 2.31. The number of benzene rings is 2. The summed E-state index contributed by atoms with van der Waals surface area (Å²) in [5, 5.41) is 6.68. The number of nitrogens with one attached hydrogen (secondary N) is 1. The minimum Gasteiger partial charge on any atom is -0.489 e. The monoisotopic (exact) mass is 269 g/mol. The standard InChI is InChI=1S/C16H19N3O/c1-13(19-17)18-11-14-7-9-16(10-8-14)20-12-15-5-3-2-4-6-15/h2-10H,11-12,17H2,1H3,(H,18,19). The number of nitrogens with two attached hydrogens (primary N) is 1. The lowest BCUT2D eigenvalue weighted by molar-refractivity contribution is 0.306. The molecule has 0 heterocycles. The molecule has 0 atom stereocenters. The maximum absolute atomic E-state index is 5.73. The van der Waals surface area contributed by atoms with Gasteiger partial charge in [-0.2, -0.15) is 5.10 Å². The molecule has 0 radical (unpaired) electrons. The molecule has 20 heavy (non-hydrogen) atoms. The van der Waals surface area contributed by atoms with Crippen molar-refractivity contribution in [2.24, 2.45) is 10.9 Å². The third kappa shape index (κ3) is 4.31. The first-order chi connectivity index (χ1) is 9.78. The fraction of sp³-hybridized carbons (Fsp3) is 0.188. The minimum absolute atomic E-state index is 0.581. The summed E-state index contributed by atoms with van der Waals surface area (Å²) < 4.78 is 5.73. The van der Waals surface area contributed by atoms with Crippen LogP contribution in [0.2, 0.25) is 0 Å². The van der Waals surface area contributed by atoms with Gasteiger partial charge in [-0.3, -0.25) is 0 Å². The van der Waals surface area contributed by atoms with Gasteiger partial charge in [-0.15, -0.1) is 0 Å². The Morgan fingerprint density at radius 3 is 2.40 bits per heavy atom. The number of hydrazone groups is 1. The van der Waals surface area contributed by atoms with Gasteiger partial charge in [-0.25, -0.2) is 0 Å². The van der Waals surface area contributed by atoms with E-state index in [1.807, 2.05) is 61.5 Å². The molecule has 4 heteroatoms. The second kappa shape index (κ2) is 7.19. The van der Waals surface area contributed by atoms with Crippen molar-refractivity contribution >= 4 is 5.84 Å². The summed E-state index contributed by atoms with van der Waals surface area (Å²) in [4.78, 5) is 0. The Morgan fingerprint density at radius 2 is 1.75 bits per heavy atom. The predicted molar refractivity (Wildman–Crippen MR) is 81.4 cm³/mol. The average Bonchev–Trinajstić information content (AvgIpc) is 2.52. The fourth-order valence-electron chi connectivity index (χ4n) is 1.72. The Balaban J connectivity index is 1.85. The summed E-state index contributed by atoms with van der Waals surface area (Å²) >= 11 is 0. The van der Waals surface area contributed by atoms with Gasteiger partial charge in [0, 0.05) is 6.54 Å². The molecule has 0 saturated heterocycles. The molecule has 4 nitrogen and oxygen atoms in total. The van der Waals surface area contributed by atoms with Crippen molar-refractivity contribution in [1.82, 2.24) is 5.32 Å². The molecule has 0 spiro atoms. The molecule has 0 aliphatic carbocycles. The Bertz CT molecular complexity index is 550. The van der Waals surface area contributed by atoms with Crippen LogP contribution in [0, 0.1) is 0 Å². The van der Waals surface area contributed by atoms with E-state index < -0.39 is 0 Å². The van der Waals surface area contributed by atoms with Gasteiger partial charge >= 0.3 is 0 Å². The van der Waals surface area contributed by atoms with Crippen LogP contribution in [-0.2, 0) is 13.2 Å². The molecule has 0 aliphatic rings. The number of nitrogens with zero attached hydrogens (tertiary/aromatic N) is 1. The van der Waals surface area contributed by atoms with Crippen molar-refractivity contribution < 1.29 is 4.74 Å². The molecule has 0 fully saturated rings.